The third kappa shape index (κ3) is 3.35. The number of ether oxygens (including phenoxy) is 1. The number of hydrogen-bond donors (Lipinski definition) is 1. The lowest BCUT2D eigenvalue weighted by molar-refractivity contribution is -0.385. The zero-order valence-corrected chi connectivity index (χ0v) is 17.1. The molecule has 0 fully saturated rings. The maximum absolute atomic E-state index is 12.8. The number of nitrogens with one attached hydrogen (secondary N) is 1. The Labute approximate surface area is 182 Å². The molecule has 1 N–H and O–H groups in total. The lowest BCUT2D eigenvalue weighted by atomic mass is 10.1. The van der Waals surface area contributed by atoms with Crippen LogP contribution in [0.2, 0.25) is 0 Å². The lowest BCUT2D eigenvalue weighted by Crippen LogP contribution is -2.29. The Hall–Kier alpha value is -4.53. The van der Waals surface area contributed by atoms with Crippen molar-refractivity contribution in [3.8, 4) is 5.75 Å². The fraction of sp³-hybridized carbons (Fsp3) is 0.0870. The van der Waals surface area contributed by atoms with Crippen molar-refractivity contribution in [3.63, 3.8) is 0 Å². The second-order valence-corrected chi connectivity index (χ2v) is 7.04. The summed E-state index contributed by atoms with van der Waals surface area (Å²) < 4.78 is 5.37. The van der Waals surface area contributed by atoms with Crippen molar-refractivity contribution in [2.24, 2.45) is 0 Å². The summed E-state index contributed by atoms with van der Waals surface area (Å²) in [5, 5.41) is 13.8. The van der Waals surface area contributed by atoms with Crippen molar-refractivity contribution in [1.29, 1.82) is 0 Å². The van der Waals surface area contributed by atoms with Gasteiger partial charge in [-0.05, 0) is 37.3 Å². The highest BCUT2D eigenvalue weighted by atomic mass is 16.6. The monoisotopic (exact) mass is 431 g/mol. The number of carbonyl (C=O) groups is 3. The van der Waals surface area contributed by atoms with Crippen molar-refractivity contribution >= 4 is 34.8 Å². The van der Waals surface area contributed by atoms with Crippen LogP contribution < -0.4 is 15.0 Å². The predicted molar refractivity (Wildman–Crippen MR) is 116 cm³/mol. The van der Waals surface area contributed by atoms with Gasteiger partial charge in [-0.25, -0.2) is 4.90 Å². The molecule has 0 spiro atoms. The summed E-state index contributed by atoms with van der Waals surface area (Å²) in [6, 6.07) is 15.3. The van der Waals surface area contributed by atoms with Crippen molar-refractivity contribution in [1.82, 2.24) is 0 Å². The second-order valence-electron chi connectivity index (χ2n) is 7.04. The first-order chi connectivity index (χ1) is 15.3. The fourth-order valence-corrected chi connectivity index (χ4v) is 3.61. The van der Waals surface area contributed by atoms with E-state index in [1.807, 2.05) is 0 Å². The van der Waals surface area contributed by atoms with E-state index in [-0.39, 0.29) is 28.3 Å². The predicted octanol–water partition coefficient (Wildman–Crippen LogP) is 3.96. The molecule has 3 aromatic carbocycles. The molecule has 160 valence electrons. The second kappa shape index (κ2) is 7.95. The molecule has 1 heterocycles. The molecule has 9 heteroatoms. The Balaban J connectivity index is 1.64. The number of carbonyl (C=O) groups excluding carboxylic acids is 3. The van der Waals surface area contributed by atoms with E-state index in [2.05, 4.69) is 5.32 Å². The van der Waals surface area contributed by atoms with Crippen LogP contribution in [0.5, 0.6) is 5.75 Å². The van der Waals surface area contributed by atoms with Crippen molar-refractivity contribution in [2.45, 2.75) is 6.92 Å². The molecule has 3 aromatic rings. The quantitative estimate of drug-likeness (QED) is 0.371. The lowest BCUT2D eigenvalue weighted by Gasteiger charge is -2.18. The molecule has 0 unspecified atom stereocenters. The number of nitrogens with zero attached hydrogens (tertiary/aromatic N) is 2. The molecule has 3 amide bonds. The highest BCUT2D eigenvalue weighted by Crippen LogP contribution is 2.36. The Morgan fingerprint density at radius 1 is 1.00 bits per heavy atom. The summed E-state index contributed by atoms with van der Waals surface area (Å²) >= 11 is 0. The van der Waals surface area contributed by atoms with Gasteiger partial charge in [0.15, 0.2) is 0 Å². The number of amides is 3. The van der Waals surface area contributed by atoms with Gasteiger partial charge in [-0.15, -0.1) is 0 Å². The number of hydrogen-bond acceptors (Lipinski definition) is 6. The van der Waals surface area contributed by atoms with Crippen LogP contribution in [0.4, 0.5) is 17.1 Å². The number of nitro groups is 1. The first-order valence-electron chi connectivity index (χ1n) is 9.54. The molecule has 9 nitrogen and oxygen atoms in total. The minimum atomic E-state index is -0.550. The van der Waals surface area contributed by atoms with Gasteiger partial charge in [-0.1, -0.05) is 18.2 Å². The SMILES string of the molecule is COc1cc(NC(=O)c2cccc([N+](=O)[O-])c2C)ccc1N1C(=O)c2ccccc2C1=O. The molecule has 1 aliphatic heterocycles. The molecule has 0 saturated heterocycles. The van der Waals surface area contributed by atoms with Crippen LogP contribution in [0, 0.1) is 17.0 Å². The first-order valence-corrected chi connectivity index (χ1v) is 9.54. The van der Waals surface area contributed by atoms with E-state index in [9.17, 15) is 24.5 Å². The normalized spacial score (nSPS) is 12.5. The number of anilines is 2. The van der Waals surface area contributed by atoms with Gasteiger partial charge in [0, 0.05) is 28.9 Å². The van der Waals surface area contributed by atoms with Crippen molar-refractivity contribution in [3.05, 3.63) is 93.0 Å². The van der Waals surface area contributed by atoms with E-state index in [0.717, 1.165) is 4.90 Å². The van der Waals surface area contributed by atoms with Crippen LogP contribution in [0.25, 0.3) is 0 Å². The molecule has 0 saturated carbocycles. The standard InChI is InChI=1S/C23H17N3O6/c1-13-15(8-5-9-18(13)26(30)31)21(27)24-14-10-11-19(20(12-14)32-2)25-22(28)16-6-3-4-7-17(16)23(25)29/h3-12H,1-2H3,(H,24,27). The molecule has 32 heavy (non-hydrogen) atoms. The van der Waals surface area contributed by atoms with Gasteiger partial charge < -0.3 is 10.1 Å². The fourth-order valence-electron chi connectivity index (χ4n) is 3.61. The van der Waals surface area contributed by atoms with Gasteiger partial charge in [0.2, 0.25) is 0 Å². The third-order valence-electron chi connectivity index (χ3n) is 5.22. The molecule has 0 atom stereocenters. The number of nitro benzene ring substituents is 1. The summed E-state index contributed by atoms with van der Waals surface area (Å²) in [4.78, 5) is 49.9. The number of rotatable bonds is 5. The Morgan fingerprint density at radius 2 is 1.66 bits per heavy atom. The summed E-state index contributed by atoms with van der Waals surface area (Å²) in [5.41, 5.74) is 1.42. The molecule has 0 bridgehead atoms. The van der Waals surface area contributed by atoms with E-state index in [0.29, 0.717) is 16.8 Å². The number of benzene rings is 3. The summed E-state index contributed by atoms with van der Waals surface area (Å²) in [5.74, 6) is -1.27. The van der Waals surface area contributed by atoms with Crippen molar-refractivity contribution < 1.29 is 24.0 Å². The average Bonchev–Trinajstić information content (AvgIpc) is 3.04. The topological polar surface area (TPSA) is 119 Å². The first kappa shape index (κ1) is 20.7. The number of imide groups is 1. The van der Waals surface area contributed by atoms with Crippen LogP contribution >= 0.6 is 0 Å². The van der Waals surface area contributed by atoms with E-state index in [1.54, 1.807) is 24.3 Å². The van der Waals surface area contributed by atoms with Crippen LogP contribution in [0.3, 0.4) is 0 Å². The zero-order valence-electron chi connectivity index (χ0n) is 17.1. The Kier molecular flexibility index (Phi) is 5.15. The van der Waals surface area contributed by atoms with Gasteiger partial charge in [-0.2, -0.15) is 0 Å². The zero-order chi connectivity index (χ0) is 23.0. The summed E-state index contributed by atoms with van der Waals surface area (Å²) in [6.45, 7) is 1.50. The molecule has 4 rings (SSSR count). The molecular formula is C23H17N3O6. The van der Waals surface area contributed by atoms with Gasteiger partial charge in [0.05, 0.1) is 28.8 Å². The molecule has 0 aliphatic carbocycles. The van der Waals surface area contributed by atoms with Gasteiger partial charge in [0.1, 0.15) is 5.75 Å². The van der Waals surface area contributed by atoms with Crippen LogP contribution in [-0.2, 0) is 0 Å². The molecule has 0 aromatic heterocycles. The number of fused-ring (bicyclic) bond motifs is 1. The minimum absolute atomic E-state index is 0.155. The highest BCUT2D eigenvalue weighted by Gasteiger charge is 2.37. The van der Waals surface area contributed by atoms with Crippen molar-refractivity contribution in [2.75, 3.05) is 17.3 Å². The van der Waals surface area contributed by atoms with Crippen LogP contribution in [0.1, 0.15) is 36.6 Å². The minimum Gasteiger partial charge on any atom is -0.494 e. The van der Waals surface area contributed by atoms with Gasteiger partial charge in [-0.3, -0.25) is 24.5 Å². The van der Waals surface area contributed by atoms with Gasteiger partial charge in [0.25, 0.3) is 23.4 Å². The average molecular weight is 431 g/mol. The van der Waals surface area contributed by atoms with E-state index in [1.165, 1.54) is 50.4 Å². The molecule has 0 radical (unpaired) electrons. The van der Waals surface area contributed by atoms with E-state index >= 15 is 0 Å². The van der Waals surface area contributed by atoms with Crippen LogP contribution in [-0.4, -0.2) is 29.8 Å². The van der Waals surface area contributed by atoms with Crippen LogP contribution in [0.15, 0.2) is 60.7 Å². The molecule has 1 aliphatic rings. The van der Waals surface area contributed by atoms with Gasteiger partial charge >= 0.3 is 0 Å². The Morgan fingerprint density at radius 3 is 2.25 bits per heavy atom. The van der Waals surface area contributed by atoms with E-state index in [4.69, 9.17) is 4.74 Å². The Bertz CT molecular complexity index is 1270. The largest absolute Gasteiger partial charge is 0.494 e. The summed E-state index contributed by atoms with van der Waals surface area (Å²) in [6.07, 6.45) is 0. The van der Waals surface area contributed by atoms with E-state index < -0.39 is 22.6 Å². The maximum Gasteiger partial charge on any atom is 0.273 e. The number of methoxy groups -OCH3 is 1. The summed E-state index contributed by atoms with van der Waals surface area (Å²) in [7, 11) is 1.38. The third-order valence-corrected chi connectivity index (χ3v) is 5.22. The maximum atomic E-state index is 12.8. The highest BCUT2D eigenvalue weighted by molar-refractivity contribution is 6.34. The molecular weight excluding hydrogens is 414 g/mol. The smallest absolute Gasteiger partial charge is 0.273 e.